The molecule has 0 spiro atoms. The second-order valence-corrected chi connectivity index (χ2v) is 4.12. The van der Waals surface area contributed by atoms with Gasteiger partial charge in [0.05, 0.1) is 0 Å². The second-order valence-electron chi connectivity index (χ2n) is 3.00. The van der Waals surface area contributed by atoms with E-state index in [4.69, 9.17) is 0 Å². The van der Waals surface area contributed by atoms with Crippen LogP contribution in [0.4, 0.5) is 0 Å². The van der Waals surface area contributed by atoms with Gasteiger partial charge in [-0.25, -0.2) is 4.98 Å². The molecule has 0 aliphatic heterocycles. The van der Waals surface area contributed by atoms with Gasteiger partial charge in [0.2, 0.25) is 0 Å². The van der Waals surface area contributed by atoms with Gasteiger partial charge in [0.1, 0.15) is 5.01 Å². The topological polar surface area (TPSA) is 12.9 Å². The predicted octanol–water partition coefficient (Wildman–Crippen LogP) is 3.30. The summed E-state index contributed by atoms with van der Waals surface area (Å²) in [6, 6.07) is 8.35. The first kappa shape index (κ1) is 8.45. The van der Waals surface area contributed by atoms with E-state index in [1.54, 1.807) is 11.3 Å². The lowest BCUT2D eigenvalue weighted by Crippen LogP contribution is -1.76. The van der Waals surface area contributed by atoms with Crippen molar-refractivity contribution in [1.29, 1.82) is 0 Å². The number of rotatable bonds is 1. The lowest BCUT2D eigenvalue weighted by Gasteiger charge is -1.96. The lowest BCUT2D eigenvalue weighted by molar-refractivity contribution is 1.39. The van der Waals surface area contributed by atoms with Gasteiger partial charge in [0, 0.05) is 16.6 Å². The second kappa shape index (κ2) is 3.30. The molecule has 1 aromatic carbocycles. The number of hydrogen-bond donors (Lipinski definition) is 0. The number of nitrogens with zero attached hydrogens (tertiary/aromatic N) is 1. The lowest BCUT2D eigenvalue weighted by atomic mass is 10.1. The Morgan fingerprint density at radius 2 is 2.23 bits per heavy atom. The fraction of sp³-hybridized carbons (Fsp3) is 0.0909. The van der Waals surface area contributed by atoms with E-state index in [0.29, 0.717) is 0 Å². The van der Waals surface area contributed by atoms with E-state index in [9.17, 15) is 0 Å². The predicted molar refractivity (Wildman–Crippen MR) is 56.7 cm³/mol. The van der Waals surface area contributed by atoms with Gasteiger partial charge in [-0.3, -0.25) is 0 Å². The maximum absolute atomic E-state index is 4.28. The van der Waals surface area contributed by atoms with E-state index in [0.717, 1.165) is 9.88 Å². The molecule has 2 heteroatoms. The van der Waals surface area contributed by atoms with E-state index < -0.39 is 0 Å². The molecule has 0 amide bonds. The summed E-state index contributed by atoms with van der Waals surface area (Å²) in [6.45, 7) is 5.93. The van der Waals surface area contributed by atoms with Crippen LogP contribution >= 0.6 is 11.3 Å². The third kappa shape index (κ3) is 1.78. The third-order valence-corrected chi connectivity index (χ3v) is 2.72. The van der Waals surface area contributed by atoms with Crippen LogP contribution in [0.15, 0.2) is 30.5 Å². The first-order valence-electron chi connectivity index (χ1n) is 4.10. The van der Waals surface area contributed by atoms with Crippen molar-refractivity contribution in [2.24, 2.45) is 0 Å². The van der Waals surface area contributed by atoms with Crippen molar-refractivity contribution in [2.45, 2.75) is 6.92 Å². The molecular weight excluding hydrogens is 178 g/mol. The molecule has 0 bridgehead atoms. The Labute approximate surface area is 82.1 Å². The van der Waals surface area contributed by atoms with Crippen molar-refractivity contribution in [2.75, 3.05) is 0 Å². The van der Waals surface area contributed by atoms with Crippen LogP contribution in [-0.2, 0) is 0 Å². The van der Waals surface area contributed by atoms with Crippen molar-refractivity contribution in [3.05, 3.63) is 47.8 Å². The Kier molecular flexibility index (Phi) is 2.15. The number of aromatic nitrogens is 1. The minimum absolute atomic E-state index is 1.01. The van der Waals surface area contributed by atoms with E-state index in [1.807, 2.05) is 6.20 Å². The molecule has 0 saturated carbocycles. The van der Waals surface area contributed by atoms with Gasteiger partial charge in [-0.05, 0) is 19.9 Å². The molecule has 1 aromatic heterocycles. The maximum atomic E-state index is 4.28. The van der Waals surface area contributed by atoms with Crippen LogP contribution < -0.4 is 0 Å². The van der Waals surface area contributed by atoms with Crippen molar-refractivity contribution < 1.29 is 0 Å². The van der Waals surface area contributed by atoms with Crippen LogP contribution in [0, 0.1) is 13.8 Å². The summed E-state index contributed by atoms with van der Waals surface area (Å²) in [7, 11) is 0. The highest BCUT2D eigenvalue weighted by atomic mass is 32.1. The molecule has 0 atom stereocenters. The maximum Gasteiger partial charge on any atom is 0.123 e. The average Bonchev–Trinajstić information content (AvgIpc) is 2.52. The molecule has 13 heavy (non-hydrogen) atoms. The van der Waals surface area contributed by atoms with Crippen LogP contribution in [0.2, 0.25) is 0 Å². The first-order chi connectivity index (χ1) is 6.25. The summed E-state index contributed by atoms with van der Waals surface area (Å²) in [5.74, 6) is 0. The Hall–Kier alpha value is -1.15. The van der Waals surface area contributed by atoms with Gasteiger partial charge in [0.15, 0.2) is 0 Å². The molecule has 0 saturated heterocycles. The van der Waals surface area contributed by atoms with Crippen molar-refractivity contribution in [3.8, 4) is 10.6 Å². The van der Waals surface area contributed by atoms with Gasteiger partial charge in [-0.15, -0.1) is 11.3 Å². The largest absolute Gasteiger partial charge is 0.244 e. The molecule has 0 unspecified atom stereocenters. The normalized spacial score (nSPS) is 10.3. The quantitative estimate of drug-likeness (QED) is 0.669. The van der Waals surface area contributed by atoms with E-state index in [1.165, 1.54) is 11.1 Å². The van der Waals surface area contributed by atoms with Crippen molar-refractivity contribution in [3.63, 3.8) is 0 Å². The molecule has 1 heterocycles. The standard InChI is InChI=1S/C11H10NS/c1-8-4-3-5-10(6-8)11-12-7-9(2)13-11/h3-7H,2H2,1H3. The number of hydrogen-bond acceptors (Lipinski definition) is 2. The summed E-state index contributed by atoms with van der Waals surface area (Å²) in [4.78, 5) is 5.29. The Morgan fingerprint density at radius 1 is 1.38 bits per heavy atom. The molecule has 0 aliphatic rings. The van der Waals surface area contributed by atoms with Crippen molar-refractivity contribution in [1.82, 2.24) is 4.98 Å². The molecule has 0 aliphatic carbocycles. The summed E-state index contributed by atoms with van der Waals surface area (Å²) in [5.41, 5.74) is 2.44. The fourth-order valence-corrected chi connectivity index (χ4v) is 1.92. The highest BCUT2D eigenvalue weighted by molar-refractivity contribution is 7.15. The zero-order valence-corrected chi connectivity index (χ0v) is 8.27. The zero-order chi connectivity index (χ0) is 9.26. The molecule has 1 radical (unpaired) electrons. The Morgan fingerprint density at radius 3 is 2.85 bits per heavy atom. The first-order valence-corrected chi connectivity index (χ1v) is 4.92. The minimum Gasteiger partial charge on any atom is -0.244 e. The van der Waals surface area contributed by atoms with Gasteiger partial charge in [-0.2, -0.15) is 0 Å². The SMILES string of the molecule is [CH2]c1cnc(-c2cccc(C)c2)s1. The average molecular weight is 188 g/mol. The number of thiazole rings is 1. The van der Waals surface area contributed by atoms with Crippen LogP contribution in [0.3, 0.4) is 0 Å². The van der Waals surface area contributed by atoms with Crippen LogP contribution in [0.5, 0.6) is 0 Å². The summed E-state index contributed by atoms with van der Waals surface area (Å²) < 4.78 is 0. The highest BCUT2D eigenvalue weighted by Gasteiger charge is 2.01. The molecular formula is C11H10NS. The molecule has 1 nitrogen and oxygen atoms in total. The molecule has 2 aromatic rings. The zero-order valence-electron chi connectivity index (χ0n) is 7.45. The number of benzene rings is 1. The van der Waals surface area contributed by atoms with E-state index in [2.05, 4.69) is 43.1 Å². The third-order valence-electron chi connectivity index (χ3n) is 1.82. The molecule has 0 N–H and O–H groups in total. The summed E-state index contributed by atoms with van der Waals surface area (Å²) in [5, 5.41) is 1.05. The minimum atomic E-state index is 1.01. The van der Waals surface area contributed by atoms with Crippen LogP contribution in [0.25, 0.3) is 10.6 Å². The van der Waals surface area contributed by atoms with Crippen LogP contribution in [-0.4, -0.2) is 4.98 Å². The summed E-state index contributed by atoms with van der Waals surface area (Å²) >= 11 is 1.63. The monoisotopic (exact) mass is 188 g/mol. The van der Waals surface area contributed by atoms with Crippen LogP contribution in [0.1, 0.15) is 10.4 Å². The van der Waals surface area contributed by atoms with Gasteiger partial charge >= 0.3 is 0 Å². The van der Waals surface area contributed by atoms with Crippen molar-refractivity contribution >= 4 is 11.3 Å². The fourth-order valence-electron chi connectivity index (χ4n) is 1.22. The van der Waals surface area contributed by atoms with Gasteiger partial charge < -0.3 is 0 Å². The Bertz CT molecular complexity index is 418. The van der Waals surface area contributed by atoms with Gasteiger partial charge in [-0.1, -0.05) is 23.8 Å². The van der Waals surface area contributed by atoms with E-state index in [-0.39, 0.29) is 0 Å². The number of aryl methyl sites for hydroxylation is 1. The molecule has 0 fully saturated rings. The molecule has 2 rings (SSSR count). The van der Waals surface area contributed by atoms with E-state index >= 15 is 0 Å². The van der Waals surface area contributed by atoms with Gasteiger partial charge in [0.25, 0.3) is 0 Å². The summed E-state index contributed by atoms with van der Waals surface area (Å²) in [6.07, 6.45) is 1.81. The smallest absolute Gasteiger partial charge is 0.123 e. The highest BCUT2D eigenvalue weighted by Crippen LogP contribution is 2.24. The Balaban J connectivity index is 2.46. The molecule has 65 valence electrons.